The van der Waals surface area contributed by atoms with E-state index in [2.05, 4.69) is 15.1 Å². The predicted octanol–water partition coefficient (Wildman–Crippen LogP) is 2.42. The number of hydrogen-bond acceptors (Lipinski definition) is 3. The van der Waals surface area contributed by atoms with Gasteiger partial charge in [0, 0.05) is 31.1 Å². The number of anilines is 1. The molecule has 0 bridgehead atoms. The van der Waals surface area contributed by atoms with Crippen LogP contribution in [0.4, 0.5) is 19.0 Å². The van der Waals surface area contributed by atoms with E-state index in [0.717, 1.165) is 6.07 Å². The Morgan fingerprint density at radius 1 is 1.56 bits per heavy atom. The minimum absolute atomic E-state index is 0.254. The Balaban J connectivity index is 2.29. The van der Waals surface area contributed by atoms with E-state index in [9.17, 15) is 13.2 Å². The summed E-state index contributed by atoms with van der Waals surface area (Å²) in [5.41, 5.74) is 7.49. The van der Waals surface area contributed by atoms with Gasteiger partial charge >= 0.3 is 6.18 Å². The maximum Gasteiger partial charge on any atom is 0.435 e. The molecule has 0 radical (unpaired) electrons. The molecule has 0 saturated carbocycles. The average Bonchev–Trinajstić information content (AvgIpc) is 2.64. The van der Waals surface area contributed by atoms with Crippen LogP contribution in [0.3, 0.4) is 0 Å². The minimum atomic E-state index is -4.44. The van der Waals surface area contributed by atoms with Gasteiger partial charge < -0.3 is 4.90 Å². The molecule has 1 aliphatic heterocycles. The molecule has 9 heteroatoms. The van der Waals surface area contributed by atoms with Crippen LogP contribution in [-0.4, -0.2) is 29.4 Å². The first kappa shape index (κ1) is 12.6. The summed E-state index contributed by atoms with van der Waals surface area (Å²) >= 11 is 0. The fourth-order valence-corrected chi connectivity index (χ4v) is 1.96. The molecule has 0 fully saturated rings. The van der Waals surface area contributed by atoms with E-state index in [1.54, 1.807) is 11.9 Å². The Hall–Kier alpha value is -1.89. The van der Waals surface area contributed by atoms with Gasteiger partial charge in [0.25, 0.3) is 0 Å². The fourth-order valence-electron chi connectivity index (χ4n) is 1.96. The van der Waals surface area contributed by atoms with Gasteiger partial charge in [0.1, 0.15) is 5.82 Å². The molecule has 0 amide bonds. The molecular formula is C9H11F3N6. The minimum Gasteiger partial charge on any atom is -0.359 e. The maximum absolute atomic E-state index is 12.5. The van der Waals surface area contributed by atoms with Crippen LogP contribution in [0.1, 0.15) is 12.1 Å². The maximum atomic E-state index is 12.5. The van der Waals surface area contributed by atoms with Gasteiger partial charge in [-0.05, 0) is 12.0 Å². The number of aryl methyl sites for hydroxylation is 1. The Kier molecular flexibility index (Phi) is 3.08. The second-order valence-corrected chi connectivity index (χ2v) is 4.14. The Morgan fingerprint density at radius 2 is 2.28 bits per heavy atom. The van der Waals surface area contributed by atoms with Crippen molar-refractivity contribution in [3.05, 3.63) is 22.2 Å². The number of azide groups is 1. The molecule has 0 aromatic carbocycles. The molecule has 0 N–H and O–H groups in total. The molecule has 6 nitrogen and oxygen atoms in total. The van der Waals surface area contributed by atoms with Crippen molar-refractivity contribution >= 4 is 5.82 Å². The highest BCUT2D eigenvalue weighted by Gasteiger charge is 2.36. The van der Waals surface area contributed by atoms with Gasteiger partial charge in [-0.15, -0.1) is 0 Å². The van der Waals surface area contributed by atoms with Crippen LogP contribution in [0.25, 0.3) is 10.4 Å². The van der Waals surface area contributed by atoms with Crippen LogP contribution in [0.15, 0.2) is 11.2 Å². The summed E-state index contributed by atoms with van der Waals surface area (Å²) in [5, 5.41) is 7.15. The standard InChI is InChI=1S/C9H11F3N6/c1-17-5-6(14-16-13)2-3-18-8(17)4-7(15-18)9(10,11)12/h4,6H,2-3,5H2,1H3. The van der Waals surface area contributed by atoms with Gasteiger partial charge in [0.2, 0.25) is 0 Å². The lowest BCUT2D eigenvalue weighted by atomic mass is 10.2. The number of likely N-dealkylation sites (N-methyl/N-ethyl adjacent to an activating group) is 1. The third kappa shape index (κ3) is 2.35. The highest BCUT2D eigenvalue weighted by atomic mass is 19.4. The fraction of sp³-hybridized carbons (Fsp3) is 0.667. The molecule has 0 saturated heterocycles. The van der Waals surface area contributed by atoms with E-state index in [4.69, 9.17) is 5.53 Å². The molecule has 1 atom stereocenters. The molecule has 0 spiro atoms. The van der Waals surface area contributed by atoms with Crippen LogP contribution >= 0.6 is 0 Å². The van der Waals surface area contributed by atoms with Crippen molar-refractivity contribution in [2.45, 2.75) is 25.2 Å². The number of rotatable bonds is 1. The zero-order valence-electron chi connectivity index (χ0n) is 9.59. The van der Waals surface area contributed by atoms with Gasteiger partial charge in [0.05, 0.1) is 6.04 Å². The second-order valence-electron chi connectivity index (χ2n) is 4.14. The largest absolute Gasteiger partial charge is 0.435 e. The first-order valence-electron chi connectivity index (χ1n) is 5.32. The van der Waals surface area contributed by atoms with Gasteiger partial charge in [-0.3, -0.25) is 0 Å². The Morgan fingerprint density at radius 3 is 2.89 bits per heavy atom. The van der Waals surface area contributed by atoms with E-state index in [-0.39, 0.29) is 6.04 Å². The summed E-state index contributed by atoms with van der Waals surface area (Å²) in [5.74, 6) is 0.387. The summed E-state index contributed by atoms with van der Waals surface area (Å²) in [7, 11) is 1.65. The third-order valence-electron chi connectivity index (χ3n) is 2.81. The number of halogens is 3. The van der Waals surface area contributed by atoms with E-state index < -0.39 is 11.9 Å². The number of hydrogen-bond donors (Lipinski definition) is 0. The SMILES string of the molecule is CN1CC(N=[N+]=[N-])CCn2nc(C(F)(F)F)cc21. The monoisotopic (exact) mass is 260 g/mol. The van der Waals surface area contributed by atoms with Crippen LogP contribution in [0.2, 0.25) is 0 Å². The van der Waals surface area contributed by atoms with Gasteiger partial charge in [-0.25, -0.2) is 4.68 Å². The summed E-state index contributed by atoms with van der Waals surface area (Å²) in [6.45, 7) is 0.687. The van der Waals surface area contributed by atoms with Gasteiger partial charge in [0.15, 0.2) is 5.69 Å². The molecule has 2 rings (SSSR count). The lowest BCUT2D eigenvalue weighted by molar-refractivity contribution is -0.141. The lowest BCUT2D eigenvalue weighted by Gasteiger charge is -2.18. The molecule has 1 unspecified atom stereocenters. The second kappa shape index (κ2) is 4.41. The molecule has 1 aromatic heterocycles. The zero-order chi connectivity index (χ0) is 13.3. The van der Waals surface area contributed by atoms with Crippen molar-refractivity contribution < 1.29 is 13.2 Å². The number of nitrogens with zero attached hydrogens (tertiary/aromatic N) is 6. The molecule has 0 aliphatic carbocycles. The van der Waals surface area contributed by atoms with E-state index >= 15 is 0 Å². The van der Waals surface area contributed by atoms with Crippen LogP contribution < -0.4 is 4.90 Å². The highest BCUT2D eigenvalue weighted by Crippen LogP contribution is 2.32. The smallest absolute Gasteiger partial charge is 0.359 e. The number of alkyl halides is 3. The predicted molar refractivity (Wildman–Crippen MR) is 58.1 cm³/mol. The molecule has 2 heterocycles. The number of aromatic nitrogens is 2. The van der Waals surface area contributed by atoms with Crippen LogP contribution in [0.5, 0.6) is 0 Å². The molecule has 1 aromatic rings. The van der Waals surface area contributed by atoms with Crippen molar-refractivity contribution in [2.24, 2.45) is 5.11 Å². The van der Waals surface area contributed by atoms with Crippen molar-refractivity contribution in [1.29, 1.82) is 0 Å². The topological polar surface area (TPSA) is 69.8 Å². The van der Waals surface area contributed by atoms with Crippen molar-refractivity contribution in [3.8, 4) is 0 Å². The van der Waals surface area contributed by atoms with E-state index in [0.29, 0.717) is 25.3 Å². The summed E-state index contributed by atoms with van der Waals surface area (Å²) < 4.78 is 38.9. The van der Waals surface area contributed by atoms with Gasteiger partial charge in [-0.2, -0.15) is 18.3 Å². The number of fused-ring (bicyclic) bond motifs is 1. The Labute approximate surface area is 101 Å². The van der Waals surface area contributed by atoms with E-state index in [1.807, 2.05) is 0 Å². The molecular weight excluding hydrogens is 249 g/mol. The normalized spacial score (nSPS) is 20.0. The summed E-state index contributed by atoms with van der Waals surface area (Å²) in [6.07, 6.45) is -3.97. The first-order valence-corrected chi connectivity index (χ1v) is 5.32. The summed E-state index contributed by atoms with van der Waals surface area (Å²) in [4.78, 5) is 4.35. The molecule has 18 heavy (non-hydrogen) atoms. The van der Waals surface area contributed by atoms with Gasteiger partial charge in [-0.1, -0.05) is 5.11 Å². The lowest BCUT2D eigenvalue weighted by Crippen LogP contribution is -2.26. The van der Waals surface area contributed by atoms with Crippen molar-refractivity contribution in [1.82, 2.24) is 9.78 Å². The van der Waals surface area contributed by atoms with Crippen LogP contribution in [0, 0.1) is 0 Å². The van der Waals surface area contributed by atoms with Crippen molar-refractivity contribution in [2.75, 3.05) is 18.5 Å². The van der Waals surface area contributed by atoms with Crippen molar-refractivity contribution in [3.63, 3.8) is 0 Å². The van der Waals surface area contributed by atoms with Crippen LogP contribution in [-0.2, 0) is 12.7 Å². The van der Waals surface area contributed by atoms with E-state index in [1.165, 1.54) is 4.68 Å². The molecule has 1 aliphatic rings. The molecule has 98 valence electrons. The first-order chi connectivity index (χ1) is 8.41. The third-order valence-corrected chi connectivity index (χ3v) is 2.81. The average molecular weight is 260 g/mol. The zero-order valence-corrected chi connectivity index (χ0v) is 9.59. The highest BCUT2D eigenvalue weighted by molar-refractivity contribution is 5.41. The quantitative estimate of drug-likeness (QED) is 0.442. The summed E-state index contributed by atoms with van der Waals surface area (Å²) in [6, 6.07) is 0.759. The Bertz CT molecular complexity index is 487.